The van der Waals surface area contributed by atoms with E-state index in [1.54, 1.807) is 0 Å². The zero-order valence-electron chi connectivity index (χ0n) is 9.11. The molecule has 0 atom stereocenters. The molecule has 0 aliphatic heterocycles. The molecule has 0 radical (unpaired) electrons. The van der Waals surface area contributed by atoms with Crippen molar-refractivity contribution in [3.8, 4) is 5.75 Å². The van der Waals surface area contributed by atoms with Crippen LogP contribution in [0.1, 0.15) is 5.56 Å². The van der Waals surface area contributed by atoms with E-state index in [1.165, 1.54) is 6.92 Å². The second kappa shape index (κ2) is 3.60. The number of alkyl halides is 4. The first kappa shape index (κ1) is 12.7. The third-order valence-electron chi connectivity index (χ3n) is 2.55. The molecule has 1 aliphatic carbocycles. The maximum atomic E-state index is 13.0. The predicted octanol–water partition coefficient (Wildman–Crippen LogP) is 3.26. The Balaban J connectivity index is 2.30. The molecule has 1 aromatic rings. The second-order valence-corrected chi connectivity index (χ2v) is 3.95. The van der Waals surface area contributed by atoms with Gasteiger partial charge in [-0.15, -0.1) is 0 Å². The third-order valence-corrected chi connectivity index (χ3v) is 2.55. The Morgan fingerprint density at radius 2 is 1.78 bits per heavy atom. The van der Waals surface area contributed by atoms with Crippen LogP contribution >= 0.6 is 0 Å². The van der Waals surface area contributed by atoms with E-state index in [0.29, 0.717) is 0 Å². The molecule has 7 heteroatoms. The minimum Gasteiger partial charge on any atom is -0.455 e. The van der Waals surface area contributed by atoms with Gasteiger partial charge in [-0.05, 0) is 18.6 Å². The molecular formula is C11H8F5NO. The summed E-state index contributed by atoms with van der Waals surface area (Å²) in [5, 5.41) is 0. The summed E-state index contributed by atoms with van der Waals surface area (Å²) in [6.07, 6.45) is 0.0198. The number of halogens is 5. The van der Waals surface area contributed by atoms with Crippen LogP contribution in [0.5, 0.6) is 5.75 Å². The van der Waals surface area contributed by atoms with Gasteiger partial charge in [-0.1, -0.05) is 0 Å². The predicted molar refractivity (Wildman–Crippen MR) is 54.2 cm³/mol. The Bertz CT molecular complexity index is 538. The summed E-state index contributed by atoms with van der Waals surface area (Å²) < 4.78 is 68.6. The molecule has 0 spiro atoms. The lowest BCUT2D eigenvalue weighted by atomic mass is 9.97. The molecule has 98 valence electrons. The molecule has 18 heavy (non-hydrogen) atoms. The van der Waals surface area contributed by atoms with Crippen LogP contribution in [0.4, 0.5) is 27.6 Å². The largest absolute Gasteiger partial charge is 0.455 e. The molecule has 2 nitrogen and oxygen atoms in total. The Morgan fingerprint density at radius 3 is 2.28 bits per heavy atom. The molecule has 2 rings (SSSR count). The number of nitrogens with two attached hydrogens (primary N) is 1. The van der Waals surface area contributed by atoms with Crippen LogP contribution in [0, 0.1) is 12.7 Å². The molecule has 1 aromatic carbocycles. The van der Waals surface area contributed by atoms with Gasteiger partial charge in [0, 0.05) is 12.1 Å². The summed E-state index contributed by atoms with van der Waals surface area (Å²) in [7, 11) is 0. The SMILES string of the molecule is Cc1cc(F)c(N)cc1OC1=CC(F)(F)C1(F)F. The van der Waals surface area contributed by atoms with Gasteiger partial charge in [0.05, 0.1) is 5.69 Å². The van der Waals surface area contributed by atoms with Crippen LogP contribution in [-0.2, 0) is 0 Å². The number of aryl methyl sites for hydroxylation is 1. The number of hydrogen-bond donors (Lipinski definition) is 1. The van der Waals surface area contributed by atoms with Gasteiger partial charge in [-0.2, -0.15) is 17.6 Å². The molecule has 0 aromatic heterocycles. The monoisotopic (exact) mass is 265 g/mol. The fraction of sp³-hybridized carbons (Fsp3) is 0.273. The van der Waals surface area contributed by atoms with Gasteiger partial charge in [0.15, 0.2) is 5.76 Å². The average Bonchev–Trinajstić information content (AvgIpc) is 2.24. The highest BCUT2D eigenvalue weighted by Gasteiger charge is 2.67. The number of nitrogen functional groups attached to an aromatic ring is 1. The fourth-order valence-electron chi connectivity index (χ4n) is 1.42. The summed E-state index contributed by atoms with van der Waals surface area (Å²) in [5.41, 5.74) is 5.10. The van der Waals surface area contributed by atoms with E-state index in [0.717, 1.165) is 12.1 Å². The van der Waals surface area contributed by atoms with E-state index >= 15 is 0 Å². The highest BCUT2D eigenvalue weighted by Crippen LogP contribution is 2.50. The van der Waals surface area contributed by atoms with Crippen LogP contribution in [0.2, 0.25) is 0 Å². The molecule has 0 unspecified atom stereocenters. The van der Waals surface area contributed by atoms with Crippen molar-refractivity contribution in [2.75, 3.05) is 5.73 Å². The first-order valence-corrected chi connectivity index (χ1v) is 4.87. The number of ether oxygens (including phenoxy) is 1. The zero-order chi connectivity index (χ0) is 13.7. The van der Waals surface area contributed by atoms with Crippen molar-refractivity contribution >= 4 is 5.69 Å². The Morgan fingerprint density at radius 1 is 1.17 bits per heavy atom. The zero-order valence-corrected chi connectivity index (χ0v) is 9.11. The van der Waals surface area contributed by atoms with Crippen LogP contribution in [-0.4, -0.2) is 11.8 Å². The van der Waals surface area contributed by atoms with Crippen LogP contribution in [0.25, 0.3) is 0 Å². The molecule has 0 saturated carbocycles. The van der Waals surface area contributed by atoms with Crippen molar-refractivity contribution in [3.63, 3.8) is 0 Å². The highest BCUT2D eigenvalue weighted by atomic mass is 19.3. The van der Waals surface area contributed by atoms with E-state index in [4.69, 9.17) is 5.73 Å². The topological polar surface area (TPSA) is 35.2 Å². The minimum absolute atomic E-state index is 0.0198. The first-order chi connectivity index (χ1) is 8.15. The molecular weight excluding hydrogens is 257 g/mol. The summed E-state index contributed by atoms with van der Waals surface area (Å²) in [5.74, 6) is -10.7. The fourth-order valence-corrected chi connectivity index (χ4v) is 1.42. The van der Waals surface area contributed by atoms with Crippen LogP contribution < -0.4 is 10.5 Å². The highest BCUT2D eigenvalue weighted by molar-refractivity contribution is 5.50. The minimum atomic E-state index is -4.36. The van der Waals surface area contributed by atoms with Gasteiger partial charge in [0.1, 0.15) is 11.6 Å². The lowest BCUT2D eigenvalue weighted by Crippen LogP contribution is -2.50. The van der Waals surface area contributed by atoms with Gasteiger partial charge in [-0.25, -0.2) is 4.39 Å². The molecule has 1 aliphatic rings. The lowest BCUT2D eigenvalue weighted by molar-refractivity contribution is -0.198. The van der Waals surface area contributed by atoms with Crippen LogP contribution in [0.3, 0.4) is 0 Å². The quantitative estimate of drug-likeness (QED) is 0.658. The summed E-state index contributed by atoms with van der Waals surface area (Å²) in [6, 6.07) is 1.94. The number of rotatable bonds is 2. The second-order valence-electron chi connectivity index (χ2n) is 3.95. The Kier molecular flexibility index (Phi) is 2.53. The van der Waals surface area contributed by atoms with Gasteiger partial charge in [-0.3, -0.25) is 0 Å². The molecule has 0 heterocycles. The third kappa shape index (κ3) is 1.70. The number of hydrogen-bond acceptors (Lipinski definition) is 2. The molecule has 0 bridgehead atoms. The summed E-state index contributed by atoms with van der Waals surface area (Å²) >= 11 is 0. The van der Waals surface area contributed by atoms with Crippen LogP contribution in [0.15, 0.2) is 24.0 Å². The van der Waals surface area contributed by atoms with E-state index in [9.17, 15) is 22.0 Å². The van der Waals surface area contributed by atoms with Crippen molar-refractivity contribution in [2.24, 2.45) is 0 Å². The number of allylic oxidation sites excluding steroid dienone is 2. The summed E-state index contributed by atoms with van der Waals surface area (Å²) in [4.78, 5) is 0. The number of benzene rings is 1. The molecule has 0 fully saturated rings. The standard InChI is InChI=1S/C11H8F5NO/c1-5-2-6(12)7(17)3-8(5)18-9-4-10(13,14)11(9,15)16/h2-4H,17H2,1H3. The van der Waals surface area contributed by atoms with E-state index in [1.807, 2.05) is 0 Å². The van der Waals surface area contributed by atoms with Crippen molar-refractivity contribution in [2.45, 2.75) is 18.8 Å². The Labute approximate surface area is 98.8 Å². The smallest absolute Gasteiger partial charge is 0.370 e. The maximum absolute atomic E-state index is 13.0. The number of anilines is 1. The van der Waals surface area contributed by atoms with E-state index in [2.05, 4.69) is 4.74 Å². The van der Waals surface area contributed by atoms with Crippen molar-refractivity contribution in [1.82, 2.24) is 0 Å². The molecule has 0 saturated heterocycles. The van der Waals surface area contributed by atoms with Crippen molar-refractivity contribution in [1.29, 1.82) is 0 Å². The van der Waals surface area contributed by atoms with Gasteiger partial charge in [0.25, 0.3) is 0 Å². The molecule has 0 amide bonds. The van der Waals surface area contributed by atoms with Gasteiger partial charge in [0.2, 0.25) is 0 Å². The Hall–Kier alpha value is -1.79. The van der Waals surface area contributed by atoms with Gasteiger partial charge >= 0.3 is 11.8 Å². The van der Waals surface area contributed by atoms with Crippen molar-refractivity contribution < 1.29 is 26.7 Å². The maximum Gasteiger partial charge on any atom is 0.370 e. The average molecular weight is 265 g/mol. The van der Waals surface area contributed by atoms with E-state index in [-0.39, 0.29) is 23.1 Å². The van der Waals surface area contributed by atoms with Gasteiger partial charge < -0.3 is 10.5 Å². The van der Waals surface area contributed by atoms with Crippen molar-refractivity contribution in [3.05, 3.63) is 35.3 Å². The van der Waals surface area contributed by atoms with E-state index < -0.39 is 23.4 Å². The lowest BCUT2D eigenvalue weighted by Gasteiger charge is -2.34. The normalized spacial score (nSPS) is 20.0. The molecule has 2 N–H and O–H groups in total. The summed E-state index contributed by atoms with van der Waals surface area (Å²) in [6.45, 7) is 1.38. The first-order valence-electron chi connectivity index (χ1n) is 4.87.